The predicted molar refractivity (Wildman–Crippen MR) is 134 cm³/mol. The van der Waals surface area contributed by atoms with Crippen LogP contribution in [0.2, 0.25) is 5.28 Å². The summed E-state index contributed by atoms with van der Waals surface area (Å²) in [5.74, 6) is 0.348. The number of alkyl carbamates (subject to hydrolysis) is 2. The number of benzene rings is 1. The SMILES string of the molecule is CC(C)(C)OC(=O)NC1CC(NC(=O)OC(C)(C)C)CN(c2nc(Cl)nc3ccc([N+](=O)[O-])cc23)C1. The number of carbonyl (C=O) groups excluding carboxylic acids is 2. The molecule has 1 aromatic carbocycles. The molecule has 2 N–H and O–H groups in total. The quantitative estimate of drug-likeness (QED) is 0.342. The van der Waals surface area contributed by atoms with Gasteiger partial charge in [-0.1, -0.05) is 0 Å². The zero-order chi connectivity index (χ0) is 26.8. The van der Waals surface area contributed by atoms with Crippen molar-refractivity contribution in [2.75, 3.05) is 18.0 Å². The molecule has 2 amide bonds. The van der Waals surface area contributed by atoms with E-state index in [0.29, 0.717) is 23.1 Å². The maximum Gasteiger partial charge on any atom is 0.407 e. The van der Waals surface area contributed by atoms with Gasteiger partial charge in [-0.2, -0.15) is 4.98 Å². The number of nitrogens with zero attached hydrogens (tertiary/aromatic N) is 4. The predicted octanol–water partition coefficient (Wildman–Crippen LogP) is 4.19. The minimum atomic E-state index is -0.693. The van der Waals surface area contributed by atoms with Gasteiger partial charge in [0.1, 0.15) is 17.0 Å². The van der Waals surface area contributed by atoms with Crippen molar-refractivity contribution in [3.05, 3.63) is 33.6 Å². The third kappa shape index (κ3) is 7.54. The van der Waals surface area contributed by atoms with Crippen LogP contribution in [-0.2, 0) is 9.47 Å². The third-order valence-electron chi connectivity index (χ3n) is 5.03. The Bertz CT molecular complexity index is 1120. The van der Waals surface area contributed by atoms with Crippen LogP contribution in [0.1, 0.15) is 48.0 Å². The van der Waals surface area contributed by atoms with Gasteiger partial charge < -0.3 is 25.0 Å². The zero-order valence-corrected chi connectivity index (χ0v) is 21.9. The Kier molecular flexibility index (Phi) is 7.77. The number of halogens is 1. The van der Waals surface area contributed by atoms with Crippen molar-refractivity contribution >= 4 is 46.2 Å². The lowest BCUT2D eigenvalue weighted by Gasteiger charge is -2.39. The van der Waals surface area contributed by atoms with Crippen LogP contribution in [0.4, 0.5) is 21.1 Å². The first-order valence-corrected chi connectivity index (χ1v) is 11.8. The average molecular weight is 523 g/mol. The summed E-state index contributed by atoms with van der Waals surface area (Å²) in [6, 6.07) is 3.32. The van der Waals surface area contributed by atoms with Gasteiger partial charge in [0.2, 0.25) is 5.28 Å². The minimum absolute atomic E-state index is 0.0368. The van der Waals surface area contributed by atoms with Gasteiger partial charge in [0.15, 0.2) is 0 Å². The number of anilines is 1. The van der Waals surface area contributed by atoms with Crippen LogP contribution >= 0.6 is 11.6 Å². The monoisotopic (exact) mass is 522 g/mol. The van der Waals surface area contributed by atoms with Gasteiger partial charge in [0.05, 0.1) is 22.5 Å². The highest BCUT2D eigenvalue weighted by molar-refractivity contribution is 6.28. The van der Waals surface area contributed by atoms with Gasteiger partial charge in [-0.15, -0.1) is 0 Å². The molecule has 0 spiro atoms. The first-order valence-electron chi connectivity index (χ1n) is 11.5. The van der Waals surface area contributed by atoms with E-state index in [1.54, 1.807) is 46.4 Å². The van der Waals surface area contributed by atoms with Crippen LogP contribution in [-0.4, -0.2) is 63.5 Å². The molecule has 2 heterocycles. The van der Waals surface area contributed by atoms with Crippen LogP contribution in [0.5, 0.6) is 0 Å². The molecule has 1 aliphatic rings. The van der Waals surface area contributed by atoms with Crippen molar-refractivity contribution in [3.63, 3.8) is 0 Å². The Labute approximate surface area is 213 Å². The van der Waals surface area contributed by atoms with E-state index in [1.165, 1.54) is 18.2 Å². The second-order valence-electron chi connectivity index (χ2n) is 10.6. The number of non-ortho nitro benzene ring substituents is 1. The average Bonchev–Trinajstić information content (AvgIpc) is 2.69. The van der Waals surface area contributed by atoms with Crippen molar-refractivity contribution in [3.8, 4) is 0 Å². The Morgan fingerprint density at radius 3 is 2.03 bits per heavy atom. The molecule has 3 rings (SSSR count). The molecule has 12 nitrogen and oxygen atoms in total. The first-order chi connectivity index (χ1) is 16.6. The second-order valence-corrected chi connectivity index (χ2v) is 10.9. The van der Waals surface area contributed by atoms with Gasteiger partial charge in [-0.05, 0) is 65.6 Å². The van der Waals surface area contributed by atoms with Crippen LogP contribution in [0, 0.1) is 10.1 Å². The molecule has 13 heteroatoms. The molecular weight excluding hydrogens is 492 g/mol. The van der Waals surface area contributed by atoms with Crippen LogP contribution < -0.4 is 15.5 Å². The fourth-order valence-corrected chi connectivity index (χ4v) is 4.03. The summed E-state index contributed by atoms with van der Waals surface area (Å²) in [6.07, 6.45) is -0.815. The number of ether oxygens (including phenoxy) is 2. The molecule has 0 bridgehead atoms. The summed E-state index contributed by atoms with van der Waals surface area (Å²) in [6.45, 7) is 11.1. The third-order valence-corrected chi connectivity index (χ3v) is 5.20. The molecule has 1 aliphatic heterocycles. The first kappa shape index (κ1) is 27.2. The van der Waals surface area contributed by atoms with E-state index in [2.05, 4.69) is 20.6 Å². The number of nitro groups is 1. The Hall–Kier alpha value is -3.41. The maximum atomic E-state index is 12.5. The topological polar surface area (TPSA) is 149 Å². The summed E-state index contributed by atoms with van der Waals surface area (Å²) in [5.41, 5.74) is -1.09. The maximum absolute atomic E-state index is 12.5. The molecule has 0 radical (unpaired) electrons. The van der Waals surface area contributed by atoms with E-state index in [-0.39, 0.29) is 24.1 Å². The summed E-state index contributed by atoms with van der Waals surface area (Å²) in [5, 5.41) is 17.4. The van der Waals surface area contributed by atoms with Crippen molar-refractivity contribution in [1.82, 2.24) is 20.6 Å². The summed E-state index contributed by atoms with van der Waals surface area (Å²) in [4.78, 5) is 46.2. The lowest BCUT2D eigenvalue weighted by molar-refractivity contribution is -0.384. The smallest absolute Gasteiger partial charge is 0.407 e. The number of hydrogen-bond donors (Lipinski definition) is 2. The fraction of sp³-hybridized carbons (Fsp3) is 0.565. The van der Waals surface area contributed by atoms with Crippen molar-refractivity contribution in [2.24, 2.45) is 0 Å². The van der Waals surface area contributed by atoms with E-state index >= 15 is 0 Å². The van der Waals surface area contributed by atoms with E-state index in [1.807, 2.05) is 0 Å². The largest absolute Gasteiger partial charge is 0.444 e. The Balaban J connectivity index is 1.95. The number of piperidine rings is 1. The van der Waals surface area contributed by atoms with E-state index < -0.39 is 40.4 Å². The minimum Gasteiger partial charge on any atom is -0.444 e. The molecular formula is C23H31ClN6O6. The van der Waals surface area contributed by atoms with Gasteiger partial charge in [-0.3, -0.25) is 10.1 Å². The summed E-state index contributed by atoms with van der Waals surface area (Å²) in [7, 11) is 0. The van der Waals surface area contributed by atoms with Crippen LogP contribution in [0.25, 0.3) is 10.9 Å². The highest BCUT2D eigenvalue weighted by atomic mass is 35.5. The van der Waals surface area contributed by atoms with Crippen molar-refractivity contribution in [1.29, 1.82) is 0 Å². The molecule has 0 saturated carbocycles. The van der Waals surface area contributed by atoms with E-state index in [4.69, 9.17) is 21.1 Å². The number of carbonyl (C=O) groups is 2. The fourth-order valence-electron chi connectivity index (χ4n) is 3.86. The number of amides is 2. The highest BCUT2D eigenvalue weighted by Crippen LogP contribution is 2.31. The number of fused-ring (bicyclic) bond motifs is 1. The molecule has 36 heavy (non-hydrogen) atoms. The molecule has 196 valence electrons. The molecule has 2 aromatic rings. The number of hydrogen-bond acceptors (Lipinski definition) is 9. The van der Waals surface area contributed by atoms with E-state index in [0.717, 1.165) is 0 Å². The Morgan fingerprint density at radius 2 is 1.56 bits per heavy atom. The standard InChI is InChI=1S/C23H31ClN6O6/c1-22(2,3)35-20(31)25-13-9-14(26-21(32)36-23(4,5)6)12-29(11-13)18-16-10-15(30(33)34)7-8-17(16)27-19(24)28-18/h7-8,10,13-14H,9,11-12H2,1-6H3,(H,25,31)(H,26,32). The van der Waals surface area contributed by atoms with Crippen LogP contribution in [0.15, 0.2) is 18.2 Å². The molecule has 1 saturated heterocycles. The Morgan fingerprint density at radius 1 is 1.03 bits per heavy atom. The summed E-state index contributed by atoms with van der Waals surface area (Å²) >= 11 is 6.17. The highest BCUT2D eigenvalue weighted by Gasteiger charge is 2.33. The van der Waals surface area contributed by atoms with Crippen molar-refractivity contribution in [2.45, 2.75) is 71.2 Å². The van der Waals surface area contributed by atoms with Crippen LogP contribution in [0.3, 0.4) is 0 Å². The number of nitrogens with one attached hydrogen (secondary N) is 2. The lowest BCUT2D eigenvalue weighted by Crippen LogP contribution is -2.58. The normalized spacial score (nSPS) is 18.5. The zero-order valence-electron chi connectivity index (χ0n) is 21.1. The van der Waals surface area contributed by atoms with Gasteiger partial charge in [0, 0.05) is 30.6 Å². The van der Waals surface area contributed by atoms with Gasteiger partial charge >= 0.3 is 12.2 Å². The van der Waals surface area contributed by atoms with Gasteiger partial charge in [-0.25, -0.2) is 14.6 Å². The molecule has 1 aromatic heterocycles. The molecule has 2 unspecified atom stereocenters. The number of aromatic nitrogens is 2. The molecule has 0 aliphatic carbocycles. The van der Waals surface area contributed by atoms with Gasteiger partial charge in [0.25, 0.3) is 5.69 Å². The summed E-state index contributed by atoms with van der Waals surface area (Å²) < 4.78 is 10.8. The second kappa shape index (κ2) is 10.3. The molecule has 1 fully saturated rings. The van der Waals surface area contributed by atoms with Crippen molar-refractivity contribution < 1.29 is 24.0 Å². The van der Waals surface area contributed by atoms with E-state index in [9.17, 15) is 19.7 Å². The number of nitro benzene ring substituents is 1. The lowest BCUT2D eigenvalue weighted by atomic mass is 10.00. The molecule has 2 atom stereocenters. The number of rotatable bonds is 4.